The first-order chi connectivity index (χ1) is 13.1. The van der Waals surface area contributed by atoms with Crippen LogP contribution in [0.2, 0.25) is 0 Å². The first kappa shape index (κ1) is 17.4. The number of carbonyl (C=O) groups excluding carboxylic acids is 1. The molecule has 27 heavy (non-hydrogen) atoms. The van der Waals surface area contributed by atoms with Gasteiger partial charge in [-0.3, -0.25) is 19.6 Å². The molecule has 1 aromatic carbocycles. The Balaban J connectivity index is 2.07. The first-order valence-corrected chi connectivity index (χ1v) is 9.58. The molecule has 0 aliphatic carbocycles. The van der Waals surface area contributed by atoms with E-state index in [1.807, 2.05) is 43.3 Å². The number of hydrogen-bond acceptors (Lipinski definition) is 5. The zero-order valence-electron chi connectivity index (χ0n) is 14.9. The normalized spacial score (nSPS) is 15.2. The van der Waals surface area contributed by atoms with Crippen LogP contribution in [0.1, 0.15) is 25.6 Å². The third kappa shape index (κ3) is 2.91. The van der Waals surface area contributed by atoms with E-state index in [4.69, 9.17) is 0 Å². The number of aromatic amines is 1. The van der Waals surface area contributed by atoms with Gasteiger partial charge in [0.25, 0.3) is 6.17 Å². The van der Waals surface area contributed by atoms with Gasteiger partial charge in [0, 0.05) is 24.4 Å². The molecule has 1 atom stereocenters. The predicted molar refractivity (Wildman–Crippen MR) is 102 cm³/mol. The summed E-state index contributed by atoms with van der Waals surface area (Å²) in [5.41, 5.74) is 2.33. The molecule has 3 heterocycles. The summed E-state index contributed by atoms with van der Waals surface area (Å²) in [7, 11) is 0. The minimum Gasteiger partial charge on any atom is -0.291 e. The zero-order chi connectivity index (χ0) is 19.0. The lowest BCUT2D eigenvalue weighted by Crippen LogP contribution is -2.60. The molecule has 0 unspecified atom stereocenters. The number of fused-ring (bicyclic) bond motifs is 3. The number of benzene rings is 1. The molecule has 0 saturated carbocycles. The van der Waals surface area contributed by atoms with E-state index in [1.54, 1.807) is 22.0 Å². The Bertz CT molecular complexity index is 1070. The van der Waals surface area contributed by atoms with Crippen molar-refractivity contribution in [3.05, 3.63) is 64.7 Å². The Morgan fingerprint density at radius 2 is 2.11 bits per heavy atom. The number of carbonyl (C=O) groups is 1. The number of nitrogens with one attached hydrogen (secondary N) is 1. The molecule has 0 saturated heterocycles. The van der Waals surface area contributed by atoms with Crippen LogP contribution in [-0.2, 0) is 4.79 Å². The number of pyridine rings is 1. The molecule has 3 aromatic rings. The standard InChI is InChI=1S/C19H17N5O2S/c1-3-27-19-21-17(26)16-14-8-4-5-9-15(14)23(12(2)25)18(24(16)22-19)13-7-6-10-20-11-13/h4-11,18H,3H2,1-2H3/p+1/t18-/m1/s1. The van der Waals surface area contributed by atoms with Crippen LogP contribution in [0, 0.1) is 0 Å². The van der Waals surface area contributed by atoms with E-state index in [-0.39, 0.29) is 11.5 Å². The van der Waals surface area contributed by atoms with Gasteiger partial charge in [-0.2, -0.15) is 0 Å². The molecule has 1 aliphatic heterocycles. The molecule has 0 radical (unpaired) electrons. The largest absolute Gasteiger partial charge is 0.325 e. The Morgan fingerprint density at radius 1 is 1.30 bits per heavy atom. The van der Waals surface area contributed by atoms with E-state index < -0.39 is 6.17 Å². The summed E-state index contributed by atoms with van der Waals surface area (Å²) in [6.45, 7) is 3.51. The predicted octanol–water partition coefficient (Wildman–Crippen LogP) is 2.14. The highest BCUT2D eigenvalue weighted by Gasteiger charge is 2.44. The second-order valence-corrected chi connectivity index (χ2v) is 7.30. The van der Waals surface area contributed by atoms with Crippen molar-refractivity contribution < 1.29 is 9.48 Å². The number of rotatable bonds is 3. The van der Waals surface area contributed by atoms with Crippen molar-refractivity contribution in [2.45, 2.75) is 25.2 Å². The lowest BCUT2D eigenvalue weighted by atomic mass is 10.0. The topological polar surface area (TPSA) is 82.8 Å². The summed E-state index contributed by atoms with van der Waals surface area (Å²) in [5.74, 6) is 0.633. The summed E-state index contributed by atoms with van der Waals surface area (Å²) < 4.78 is 1.64. The average molecular weight is 380 g/mol. The van der Waals surface area contributed by atoms with Crippen LogP contribution in [-0.4, -0.2) is 26.7 Å². The van der Waals surface area contributed by atoms with Crippen molar-refractivity contribution in [1.82, 2.24) is 15.1 Å². The van der Waals surface area contributed by atoms with Gasteiger partial charge in [0.15, 0.2) is 0 Å². The van der Waals surface area contributed by atoms with Crippen LogP contribution in [0.5, 0.6) is 0 Å². The monoisotopic (exact) mass is 380 g/mol. The molecule has 0 bridgehead atoms. The molecular weight excluding hydrogens is 362 g/mol. The number of H-pyrrole nitrogens is 1. The minimum absolute atomic E-state index is 0.138. The van der Waals surface area contributed by atoms with Crippen LogP contribution >= 0.6 is 11.8 Å². The van der Waals surface area contributed by atoms with Crippen molar-refractivity contribution in [2.75, 3.05) is 10.7 Å². The lowest BCUT2D eigenvalue weighted by molar-refractivity contribution is -0.763. The fraction of sp³-hybridized carbons (Fsp3) is 0.211. The van der Waals surface area contributed by atoms with E-state index >= 15 is 0 Å². The number of thioether (sulfide) groups is 1. The van der Waals surface area contributed by atoms with Crippen molar-refractivity contribution in [1.29, 1.82) is 0 Å². The van der Waals surface area contributed by atoms with Gasteiger partial charge in [-0.25, -0.2) is 4.90 Å². The highest BCUT2D eigenvalue weighted by molar-refractivity contribution is 7.99. The number of anilines is 1. The van der Waals surface area contributed by atoms with E-state index in [0.29, 0.717) is 22.1 Å². The van der Waals surface area contributed by atoms with Crippen molar-refractivity contribution >= 4 is 23.4 Å². The van der Waals surface area contributed by atoms with Crippen LogP contribution in [0.25, 0.3) is 11.3 Å². The summed E-state index contributed by atoms with van der Waals surface area (Å²) in [4.78, 5) is 34.3. The molecule has 1 N–H and O–H groups in total. The van der Waals surface area contributed by atoms with Gasteiger partial charge >= 0.3 is 11.3 Å². The maximum Gasteiger partial charge on any atom is 0.325 e. The van der Waals surface area contributed by atoms with Crippen LogP contribution in [0.4, 0.5) is 5.69 Å². The van der Waals surface area contributed by atoms with E-state index in [9.17, 15) is 9.59 Å². The van der Waals surface area contributed by atoms with Gasteiger partial charge in [-0.1, -0.05) is 30.8 Å². The van der Waals surface area contributed by atoms with E-state index in [1.165, 1.54) is 18.7 Å². The Morgan fingerprint density at radius 3 is 2.81 bits per heavy atom. The molecule has 4 rings (SSSR count). The smallest absolute Gasteiger partial charge is 0.291 e. The summed E-state index contributed by atoms with van der Waals surface area (Å²) in [5, 5.41) is 5.17. The molecule has 1 amide bonds. The quantitative estimate of drug-likeness (QED) is 0.556. The fourth-order valence-corrected chi connectivity index (χ4v) is 3.93. The van der Waals surface area contributed by atoms with Crippen molar-refractivity contribution in [3.63, 3.8) is 0 Å². The summed E-state index contributed by atoms with van der Waals surface area (Å²) in [6.07, 6.45) is 2.79. The molecule has 8 heteroatoms. The third-order valence-electron chi connectivity index (χ3n) is 4.36. The third-order valence-corrected chi connectivity index (χ3v) is 5.11. The molecule has 2 aromatic heterocycles. The van der Waals surface area contributed by atoms with Crippen LogP contribution < -0.4 is 15.1 Å². The van der Waals surface area contributed by atoms with Gasteiger partial charge in [-0.15, -0.1) is 0 Å². The van der Waals surface area contributed by atoms with Crippen molar-refractivity contribution in [3.8, 4) is 11.3 Å². The number of nitrogens with zero attached hydrogens (tertiary/aromatic N) is 4. The van der Waals surface area contributed by atoms with Gasteiger partial charge in [-0.05, 0) is 34.7 Å². The molecule has 7 nitrogen and oxygen atoms in total. The maximum atomic E-state index is 12.9. The Kier molecular flexibility index (Phi) is 4.49. The highest BCUT2D eigenvalue weighted by Crippen LogP contribution is 2.36. The first-order valence-electron chi connectivity index (χ1n) is 8.60. The summed E-state index contributed by atoms with van der Waals surface area (Å²) in [6, 6.07) is 11.1. The Labute approximate surface area is 160 Å². The molecular formula is C19H18N5O2S+. The molecule has 0 fully saturated rings. The van der Waals surface area contributed by atoms with Crippen molar-refractivity contribution in [2.24, 2.45) is 0 Å². The fourth-order valence-electron chi connectivity index (χ4n) is 3.34. The van der Waals surface area contributed by atoms with E-state index in [2.05, 4.69) is 15.1 Å². The molecule has 136 valence electrons. The molecule has 1 aliphatic rings. The minimum atomic E-state index is -0.584. The number of aromatic nitrogens is 4. The summed E-state index contributed by atoms with van der Waals surface area (Å²) >= 11 is 1.44. The van der Waals surface area contributed by atoms with E-state index in [0.717, 1.165) is 11.3 Å². The number of hydrogen-bond donors (Lipinski definition) is 1. The number of amides is 1. The molecule has 0 spiro atoms. The maximum absolute atomic E-state index is 12.9. The van der Waals surface area contributed by atoms with Gasteiger partial charge in [0.05, 0.1) is 16.8 Å². The zero-order valence-corrected chi connectivity index (χ0v) is 15.7. The van der Waals surface area contributed by atoms with Crippen LogP contribution in [0.15, 0.2) is 58.7 Å². The van der Waals surface area contributed by atoms with Gasteiger partial charge in [0.2, 0.25) is 11.1 Å². The van der Waals surface area contributed by atoms with Gasteiger partial charge in [0.1, 0.15) is 0 Å². The lowest BCUT2D eigenvalue weighted by Gasteiger charge is -2.31. The van der Waals surface area contributed by atoms with Crippen LogP contribution in [0.3, 0.4) is 0 Å². The highest BCUT2D eigenvalue weighted by atomic mass is 32.2. The van der Waals surface area contributed by atoms with Gasteiger partial charge < -0.3 is 0 Å². The average Bonchev–Trinajstić information content (AvgIpc) is 2.67. The number of para-hydroxylation sites is 1. The second-order valence-electron chi connectivity index (χ2n) is 6.05. The second kappa shape index (κ2) is 6.96. The SMILES string of the molecule is CCSc1n[n+]2c(c(=O)[nH]1)-c1ccccc1N(C(C)=O)[C@H]2c1cccnc1. The Hall–Kier alpha value is -3.00.